The maximum Gasteiger partial charge on any atom is 0.324 e. The molecule has 0 amide bonds. The minimum absolute atomic E-state index is 0.0181. The Labute approximate surface area is 202 Å². The molecule has 1 unspecified atom stereocenters. The van der Waals surface area contributed by atoms with Crippen molar-refractivity contribution in [3.8, 4) is 17.2 Å². The van der Waals surface area contributed by atoms with Crippen LogP contribution in [0.1, 0.15) is 42.4 Å². The zero-order valence-electron chi connectivity index (χ0n) is 19.3. The minimum Gasteiger partial charge on any atom is -0.497 e. The molecule has 10 nitrogen and oxygen atoms in total. The quantitative estimate of drug-likeness (QED) is 0.339. The number of nitrogens with zero attached hydrogens (tertiary/aromatic N) is 3. The van der Waals surface area contributed by atoms with Crippen LogP contribution in [0, 0.1) is 0 Å². The molecule has 184 valence electrons. The first-order chi connectivity index (χ1) is 16.8. The number of piperidine rings is 1. The zero-order chi connectivity index (χ0) is 25.0. The lowest BCUT2D eigenvalue weighted by molar-refractivity contribution is -0.150. The molecule has 0 saturated carbocycles. The second-order valence-corrected chi connectivity index (χ2v) is 9.95. The standard InChI is InChI=1S/C24H25N3O7S/c1-16(28)17-8-12-20(13-9-17)35(30,31)27-14-4-3-5-21(27)24(29)33-15-22-25-23(34-26-22)18-6-10-19(32-2)11-7-18/h6-13,21H,3-5,14-15H2,1-2H3. The van der Waals surface area contributed by atoms with E-state index < -0.39 is 22.0 Å². The van der Waals surface area contributed by atoms with Crippen molar-refractivity contribution in [1.29, 1.82) is 0 Å². The van der Waals surface area contributed by atoms with Crippen LogP contribution in [-0.2, 0) is 26.2 Å². The molecule has 0 aliphatic carbocycles. The molecule has 0 spiro atoms. The Morgan fingerprint density at radius 3 is 2.46 bits per heavy atom. The van der Waals surface area contributed by atoms with Gasteiger partial charge < -0.3 is 14.0 Å². The summed E-state index contributed by atoms with van der Waals surface area (Å²) in [5.41, 5.74) is 1.09. The Morgan fingerprint density at radius 2 is 1.80 bits per heavy atom. The van der Waals surface area contributed by atoms with Gasteiger partial charge in [0.25, 0.3) is 5.89 Å². The van der Waals surface area contributed by atoms with Crippen LogP contribution in [0.15, 0.2) is 57.9 Å². The Bertz CT molecular complexity index is 1300. The van der Waals surface area contributed by atoms with Gasteiger partial charge in [-0.2, -0.15) is 9.29 Å². The van der Waals surface area contributed by atoms with Crippen molar-refractivity contribution in [1.82, 2.24) is 14.4 Å². The second-order valence-electron chi connectivity index (χ2n) is 8.06. The zero-order valence-corrected chi connectivity index (χ0v) is 20.2. The van der Waals surface area contributed by atoms with E-state index in [4.69, 9.17) is 14.0 Å². The highest BCUT2D eigenvalue weighted by molar-refractivity contribution is 7.89. The van der Waals surface area contributed by atoms with E-state index in [1.54, 1.807) is 31.4 Å². The maximum atomic E-state index is 13.2. The van der Waals surface area contributed by atoms with Crippen LogP contribution in [0.4, 0.5) is 0 Å². The molecule has 3 aromatic rings. The highest BCUT2D eigenvalue weighted by Crippen LogP contribution is 2.27. The van der Waals surface area contributed by atoms with Crippen LogP contribution >= 0.6 is 0 Å². The molecule has 0 bridgehead atoms. The van der Waals surface area contributed by atoms with E-state index in [0.717, 1.165) is 0 Å². The van der Waals surface area contributed by atoms with Gasteiger partial charge in [-0.05, 0) is 62.6 Å². The first kappa shape index (κ1) is 24.6. The molecule has 1 fully saturated rings. The number of hydrogen-bond acceptors (Lipinski definition) is 9. The number of carbonyl (C=O) groups is 2. The minimum atomic E-state index is -3.96. The van der Waals surface area contributed by atoms with Crippen molar-refractivity contribution in [2.45, 2.75) is 43.7 Å². The summed E-state index contributed by atoms with van der Waals surface area (Å²) in [5.74, 6) is 0.266. The molecular formula is C24H25N3O7S. The average molecular weight is 500 g/mol. The fraction of sp³-hybridized carbons (Fsp3) is 0.333. The lowest BCUT2D eigenvalue weighted by Gasteiger charge is -2.32. The number of rotatable bonds is 8. The van der Waals surface area contributed by atoms with Gasteiger partial charge in [-0.3, -0.25) is 9.59 Å². The van der Waals surface area contributed by atoms with E-state index in [9.17, 15) is 18.0 Å². The van der Waals surface area contributed by atoms with Gasteiger partial charge >= 0.3 is 5.97 Å². The summed E-state index contributed by atoms with van der Waals surface area (Å²) in [7, 11) is -2.39. The van der Waals surface area contributed by atoms with Gasteiger partial charge in [-0.25, -0.2) is 8.42 Å². The average Bonchev–Trinajstić information content (AvgIpc) is 3.36. The van der Waals surface area contributed by atoms with Crippen molar-refractivity contribution in [3.05, 3.63) is 59.9 Å². The van der Waals surface area contributed by atoms with Crippen molar-refractivity contribution in [2.24, 2.45) is 0 Å². The molecule has 0 N–H and O–H groups in total. The highest BCUT2D eigenvalue weighted by atomic mass is 32.2. The molecule has 35 heavy (non-hydrogen) atoms. The van der Waals surface area contributed by atoms with Crippen molar-refractivity contribution < 1.29 is 32.0 Å². The van der Waals surface area contributed by atoms with Gasteiger partial charge in [0.05, 0.1) is 12.0 Å². The number of ether oxygens (including phenoxy) is 2. The van der Waals surface area contributed by atoms with Gasteiger partial charge in [-0.15, -0.1) is 0 Å². The third-order valence-electron chi connectivity index (χ3n) is 5.74. The number of esters is 1. The number of sulfonamides is 1. The van der Waals surface area contributed by atoms with Crippen LogP contribution in [0.25, 0.3) is 11.5 Å². The van der Waals surface area contributed by atoms with E-state index in [-0.39, 0.29) is 35.5 Å². The molecule has 0 radical (unpaired) electrons. The predicted octanol–water partition coefficient (Wildman–Crippen LogP) is 3.23. The predicted molar refractivity (Wildman–Crippen MR) is 124 cm³/mol. The van der Waals surface area contributed by atoms with Crippen molar-refractivity contribution in [2.75, 3.05) is 13.7 Å². The summed E-state index contributed by atoms with van der Waals surface area (Å²) in [4.78, 5) is 28.6. The Balaban J connectivity index is 1.44. The first-order valence-electron chi connectivity index (χ1n) is 11.1. The molecule has 1 atom stereocenters. The first-order valence-corrected chi connectivity index (χ1v) is 12.5. The fourth-order valence-corrected chi connectivity index (χ4v) is 5.47. The monoisotopic (exact) mass is 499 g/mol. The molecule has 1 aliphatic rings. The normalized spacial score (nSPS) is 16.6. The lowest BCUT2D eigenvalue weighted by Crippen LogP contribution is -2.48. The third kappa shape index (κ3) is 5.41. The highest BCUT2D eigenvalue weighted by Gasteiger charge is 2.38. The SMILES string of the molecule is COc1ccc(-c2nc(COC(=O)C3CCCCN3S(=O)(=O)c3ccc(C(C)=O)cc3)no2)cc1. The number of methoxy groups -OCH3 is 1. The van der Waals surface area contributed by atoms with Gasteiger partial charge in [0, 0.05) is 17.7 Å². The number of carbonyl (C=O) groups excluding carboxylic acids is 2. The van der Waals surface area contributed by atoms with Crippen LogP contribution in [0.2, 0.25) is 0 Å². The third-order valence-corrected chi connectivity index (χ3v) is 7.66. The van der Waals surface area contributed by atoms with Gasteiger partial charge in [0.1, 0.15) is 11.8 Å². The van der Waals surface area contributed by atoms with Crippen LogP contribution in [0.3, 0.4) is 0 Å². The van der Waals surface area contributed by atoms with Gasteiger partial charge in [0.2, 0.25) is 15.8 Å². The second kappa shape index (κ2) is 10.4. The Kier molecular flexibility index (Phi) is 7.27. The summed E-state index contributed by atoms with van der Waals surface area (Å²) in [6, 6.07) is 11.7. The van der Waals surface area contributed by atoms with E-state index in [1.165, 1.54) is 35.5 Å². The lowest BCUT2D eigenvalue weighted by atomic mass is 10.1. The number of benzene rings is 2. The van der Waals surface area contributed by atoms with Gasteiger partial charge in [-0.1, -0.05) is 17.3 Å². The smallest absolute Gasteiger partial charge is 0.324 e. The van der Waals surface area contributed by atoms with Gasteiger partial charge in [0.15, 0.2) is 12.4 Å². The molecule has 2 heterocycles. The van der Waals surface area contributed by atoms with E-state index in [1.807, 2.05) is 0 Å². The van der Waals surface area contributed by atoms with Crippen LogP contribution < -0.4 is 4.74 Å². The molecule has 4 rings (SSSR count). The van der Waals surface area contributed by atoms with E-state index >= 15 is 0 Å². The summed E-state index contributed by atoms with van der Waals surface area (Å²) in [6.45, 7) is 1.35. The van der Waals surface area contributed by atoms with Crippen LogP contribution in [0.5, 0.6) is 5.75 Å². The molecule has 1 aliphatic heterocycles. The summed E-state index contributed by atoms with van der Waals surface area (Å²) < 4.78 is 43.4. The molecule has 2 aromatic carbocycles. The van der Waals surface area contributed by atoms with E-state index in [0.29, 0.717) is 36.1 Å². The summed E-state index contributed by atoms with van der Waals surface area (Å²) in [5, 5.41) is 3.84. The topological polar surface area (TPSA) is 129 Å². The maximum absolute atomic E-state index is 13.2. The number of hydrogen-bond donors (Lipinski definition) is 0. The van der Waals surface area contributed by atoms with Crippen LogP contribution in [-0.4, -0.2) is 54.3 Å². The largest absolute Gasteiger partial charge is 0.497 e. The molecular weight excluding hydrogens is 474 g/mol. The molecule has 11 heteroatoms. The van der Waals surface area contributed by atoms with Crippen molar-refractivity contribution >= 4 is 21.8 Å². The summed E-state index contributed by atoms with van der Waals surface area (Å²) >= 11 is 0. The fourth-order valence-electron chi connectivity index (χ4n) is 3.82. The number of aromatic nitrogens is 2. The summed E-state index contributed by atoms with van der Waals surface area (Å²) in [6.07, 6.45) is 1.66. The van der Waals surface area contributed by atoms with Crippen molar-refractivity contribution in [3.63, 3.8) is 0 Å². The number of Topliss-reactive ketones (excluding diaryl/α,β-unsaturated/α-hetero) is 1. The number of ketones is 1. The molecule has 1 saturated heterocycles. The Morgan fingerprint density at radius 1 is 1.09 bits per heavy atom. The molecule has 1 aromatic heterocycles. The van der Waals surface area contributed by atoms with E-state index in [2.05, 4.69) is 10.1 Å². The Hall–Kier alpha value is -3.57.